The standard InChI is InChI=1S/C14H12BrNO3/c1-19-13-7-10(15)6-11(8-13)16-14(18)9-2-4-12(17)5-3-9/h2-8,17H,1H3,(H,16,18). The molecular weight excluding hydrogens is 310 g/mol. The van der Waals surface area contributed by atoms with Crippen LogP contribution in [-0.2, 0) is 0 Å². The van der Waals surface area contributed by atoms with Crippen LogP contribution in [-0.4, -0.2) is 18.1 Å². The number of methoxy groups -OCH3 is 1. The zero-order valence-corrected chi connectivity index (χ0v) is 11.8. The molecule has 2 N–H and O–H groups in total. The van der Waals surface area contributed by atoms with E-state index in [-0.39, 0.29) is 11.7 Å². The number of amides is 1. The highest BCUT2D eigenvalue weighted by atomic mass is 79.9. The van der Waals surface area contributed by atoms with Gasteiger partial charge in [-0.2, -0.15) is 0 Å². The first-order valence-corrected chi connectivity index (χ1v) is 6.33. The second-order valence-electron chi connectivity index (χ2n) is 3.88. The third kappa shape index (κ3) is 3.48. The number of carbonyl (C=O) groups excluding carboxylic acids is 1. The largest absolute Gasteiger partial charge is 0.508 e. The molecule has 0 saturated carbocycles. The van der Waals surface area contributed by atoms with Crippen LogP contribution in [0.1, 0.15) is 10.4 Å². The summed E-state index contributed by atoms with van der Waals surface area (Å²) in [6, 6.07) is 11.4. The van der Waals surface area contributed by atoms with E-state index >= 15 is 0 Å². The lowest BCUT2D eigenvalue weighted by Gasteiger charge is -2.08. The maximum absolute atomic E-state index is 12.0. The highest BCUT2D eigenvalue weighted by molar-refractivity contribution is 9.10. The molecule has 5 heteroatoms. The molecule has 0 unspecified atom stereocenters. The number of anilines is 1. The van der Waals surface area contributed by atoms with Crippen molar-refractivity contribution >= 4 is 27.5 Å². The Kier molecular flexibility index (Phi) is 4.06. The minimum Gasteiger partial charge on any atom is -0.508 e. The first-order valence-electron chi connectivity index (χ1n) is 5.53. The van der Waals surface area contributed by atoms with E-state index < -0.39 is 0 Å². The third-order valence-electron chi connectivity index (χ3n) is 2.49. The number of hydrogen-bond acceptors (Lipinski definition) is 3. The molecule has 98 valence electrons. The van der Waals surface area contributed by atoms with Crippen LogP contribution in [0.2, 0.25) is 0 Å². The molecule has 0 aliphatic heterocycles. The Hall–Kier alpha value is -2.01. The Labute approximate surface area is 119 Å². The van der Waals surface area contributed by atoms with Gasteiger partial charge in [-0.1, -0.05) is 15.9 Å². The van der Waals surface area contributed by atoms with E-state index in [0.29, 0.717) is 17.0 Å². The minimum absolute atomic E-state index is 0.126. The van der Waals surface area contributed by atoms with Crippen LogP contribution in [0.25, 0.3) is 0 Å². The molecule has 0 bridgehead atoms. The Morgan fingerprint density at radius 3 is 2.53 bits per heavy atom. The highest BCUT2D eigenvalue weighted by Crippen LogP contribution is 2.25. The molecule has 0 heterocycles. The van der Waals surface area contributed by atoms with E-state index in [0.717, 1.165) is 4.47 Å². The summed E-state index contributed by atoms with van der Waals surface area (Å²) in [6.07, 6.45) is 0. The van der Waals surface area contributed by atoms with Crippen molar-refractivity contribution in [2.75, 3.05) is 12.4 Å². The maximum Gasteiger partial charge on any atom is 0.255 e. The van der Waals surface area contributed by atoms with Gasteiger partial charge >= 0.3 is 0 Å². The second kappa shape index (κ2) is 5.75. The number of nitrogens with one attached hydrogen (secondary N) is 1. The minimum atomic E-state index is -0.250. The first-order chi connectivity index (χ1) is 9.08. The summed E-state index contributed by atoms with van der Waals surface area (Å²) in [5.41, 5.74) is 1.10. The van der Waals surface area contributed by atoms with Gasteiger partial charge in [0.15, 0.2) is 0 Å². The predicted octanol–water partition coefficient (Wildman–Crippen LogP) is 3.42. The Morgan fingerprint density at radius 2 is 1.89 bits per heavy atom. The van der Waals surface area contributed by atoms with Crippen molar-refractivity contribution in [3.8, 4) is 11.5 Å². The molecule has 19 heavy (non-hydrogen) atoms. The monoisotopic (exact) mass is 321 g/mol. The zero-order chi connectivity index (χ0) is 13.8. The molecule has 0 fully saturated rings. The number of phenolic OH excluding ortho intramolecular Hbond substituents is 1. The van der Waals surface area contributed by atoms with Crippen LogP contribution in [0.15, 0.2) is 46.9 Å². The van der Waals surface area contributed by atoms with Crippen LogP contribution in [0.5, 0.6) is 11.5 Å². The lowest BCUT2D eigenvalue weighted by molar-refractivity contribution is 0.102. The van der Waals surface area contributed by atoms with Gasteiger partial charge < -0.3 is 15.2 Å². The van der Waals surface area contributed by atoms with Gasteiger partial charge in [-0.05, 0) is 36.4 Å². The van der Waals surface area contributed by atoms with E-state index in [9.17, 15) is 9.90 Å². The van der Waals surface area contributed by atoms with E-state index in [4.69, 9.17) is 4.74 Å². The fourth-order valence-electron chi connectivity index (χ4n) is 1.57. The molecule has 0 aliphatic carbocycles. The summed E-state index contributed by atoms with van der Waals surface area (Å²) in [7, 11) is 1.56. The lowest BCUT2D eigenvalue weighted by atomic mass is 10.2. The molecule has 0 atom stereocenters. The molecule has 0 aromatic heterocycles. The number of hydrogen-bond donors (Lipinski definition) is 2. The van der Waals surface area contributed by atoms with Crippen molar-refractivity contribution < 1.29 is 14.6 Å². The Morgan fingerprint density at radius 1 is 1.21 bits per heavy atom. The SMILES string of the molecule is COc1cc(Br)cc(NC(=O)c2ccc(O)cc2)c1. The van der Waals surface area contributed by atoms with Gasteiger partial charge in [0.25, 0.3) is 5.91 Å². The van der Waals surface area contributed by atoms with E-state index in [1.807, 2.05) is 0 Å². The van der Waals surface area contributed by atoms with Gasteiger partial charge in [0.05, 0.1) is 7.11 Å². The van der Waals surface area contributed by atoms with Crippen molar-refractivity contribution in [1.29, 1.82) is 0 Å². The number of benzene rings is 2. The summed E-state index contributed by atoms with van der Waals surface area (Å²) in [5.74, 6) is 0.524. The van der Waals surface area contributed by atoms with Gasteiger partial charge in [0.1, 0.15) is 11.5 Å². The van der Waals surface area contributed by atoms with Gasteiger partial charge in [-0.15, -0.1) is 0 Å². The van der Waals surface area contributed by atoms with E-state index in [1.165, 1.54) is 12.1 Å². The van der Waals surface area contributed by atoms with Gasteiger partial charge in [0.2, 0.25) is 0 Å². The van der Waals surface area contributed by atoms with Crippen LogP contribution in [0.3, 0.4) is 0 Å². The summed E-state index contributed by atoms with van der Waals surface area (Å²) in [6.45, 7) is 0. The molecule has 2 aromatic rings. The fourth-order valence-corrected chi connectivity index (χ4v) is 2.04. The van der Waals surface area contributed by atoms with Crippen LogP contribution < -0.4 is 10.1 Å². The molecule has 1 amide bonds. The number of halogens is 1. The average Bonchev–Trinajstić information content (AvgIpc) is 2.38. The van der Waals surface area contributed by atoms with Crippen LogP contribution in [0, 0.1) is 0 Å². The fraction of sp³-hybridized carbons (Fsp3) is 0.0714. The molecule has 0 aliphatic rings. The number of phenols is 1. The zero-order valence-electron chi connectivity index (χ0n) is 10.2. The number of rotatable bonds is 3. The van der Waals surface area contributed by atoms with E-state index in [2.05, 4.69) is 21.2 Å². The molecular formula is C14H12BrNO3. The lowest BCUT2D eigenvalue weighted by Crippen LogP contribution is -2.11. The number of ether oxygens (including phenoxy) is 1. The summed E-state index contributed by atoms with van der Waals surface area (Å²) in [4.78, 5) is 12.0. The van der Waals surface area contributed by atoms with E-state index in [1.54, 1.807) is 37.4 Å². The Balaban J connectivity index is 2.18. The normalized spacial score (nSPS) is 10.0. The molecule has 4 nitrogen and oxygen atoms in total. The van der Waals surface area contributed by atoms with Gasteiger partial charge in [-0.25, -0.2) is 0 Å². The maximum atomic E-state index is 12.0. The van der Waals surface area contributed by atoms with Crippen molar-refractivity contribution in [3.05, 3.63) is 52.5 Å². The highest BCUT2D eigenvalue weighted by Gasteiger charge is 2.07. The smallest absolute Gasteiger partial charge is 0.255 e. The molecule has 2 rings (SSSR count). The molecule has 0 spiro atoms. The second-order valence-corrected chi connectivity index (χ2v) is 4.80. The number of carbonyl (C=O) groups is 1. The molecule has 0 saturated heterocycles. The first kappa shape index (κ1) is 13.4. The van der Waals surface area contributed by atoms with Crippen molar-refractivity contribution in [1.82, 2.24) is 0 Å². The summed E-state index contributed by atoms with van der Waals surface area (Å²) >= 11 is 3.35. The van der Waals surface area contributed by atoms with Crippen molar-refractivity contribution in [2.24, 2.45) is 0 Å². The molecule has 2 aromatic carbocycles. The predicted molar refractivity (Wildman–Crippen MR) is 76.8 cm³/mol. The van der Waals surface area contributed by atoms with Crippen molar-refractivity contribution in [2.45, 2.75) is 0 Å². The van der Waals surface area contributed by atoms with Gasteiger partial charge in [-0.3, -0.25) is 4.79 Å². The third-order valence-corrected chi connectivity index (χ3v) is 2.95. The van der Waals surface area contributed by atoms with Crippen molar-refractivity contribution in [3.63, 3.8) is 0 Å². The Bertz CT molecular complexity index is 596. The summed E-state index contributed by atoms with van der Waals surface area (Å²) < 4.78 is 5.94. The van der Waals surface area contributed by atoms with Gasteiger partial charge in [0, 0.05) is 21.8 Å². The average molecular weight is 322 g/mol. The summed E-state index contributed by atoms with van der Waals surface area (Å²) in [5, 5.41) is 11.9. The molecule has 0 radical (unpaired) electrons. The van der Waals surface area contributed by atoms with Crippen LogP contribution >= 0.6 is 15.9 Å². The quantitative estimate of drug-likeness (QED) is 0.910. The van der Waals surface area contributed by atoms with Crippen LogP contribution in [0.4, 0.5) is 5.69 Å². The topological polar surface area (TPSA) is 58.6 Å². The number of aromatic hydroxyl groups is 1.